The van der Waals surface area contributed by atoms with Gasteiger partial charge in [-0.2, -0.15) is 0 Å². The maximum atomic E-state index is 13.3. The number of nitrogens with zero attached hydrogens (tertiary/aromatic N) is 2. The molecule has 5 nitrogen and oxygen atoms in total. The molecule has 0 aliphatic carbocycles. The van der Waals surface area contributed by atoms with Crippen molar-refractivity contribution >= 4 is 38.9 Å². The first-order valence-corrected chi connectivity index (χ1v) is 9.95. The van der Waals surface area contributed by atoms with Crippen molar-refractivity contribution in [2.75, 3.05) is 0 Å². The van der Waals surface area contributed by atoms with E-state index in [0.717, 1.165) is 26.6 Å². The summed E-state index contributed by atoms with van der Waals surface area (Å²) in [6, 6.07) is 3.99. The van der Waals surface area contributed by atoms with Crippen LogP contribution in [0.15, 0.2) is 22.3 Å². The van der Waals surface area contributed by atoms with Gasteiger partial charge < -0.3 is 5.11 Å². The van der Waals surface area contributed by atoms with Gasteiger partial charge in [0.05, 0.1) is 11.8 Å². The minimum Gasteiger partial charge on any atom is -0.481 e. The van der Waals surface area contributed by atoms with E-state index >= 15 is 0 Å². The highest BCUT2D eigenvalue weighted by Crippen LogP contribution is 2.39. The highest BCUT2D eigenvalue weighted by molar-refractivity contribution is 7.20. The number of aryl methyl sites for hydroxylation is 1. The molecule has 0 fully saturated rings. The molecule has 3 rings (SSSR count). The molecule has 0 bridgehead atoms. The molecule has 0 unspecified atom stereocenters. The second-order valence-corrected chi connectivity index (χ2v) is 8.17. The van der Waals surface area contributed by atoms with Gasteiger partial charge in [0.1, 0.15) is 10.7 Å². The Balaban J connectivity index is 2.33. The third kappa shape index (κ3) is 3.26. The summed E-state index contributed by atoms with van der Waals surface area (Å²) < 4.78 is 1.55. The molecule has 3 heterocycles. The molecule has 0 aliphatic heterocycles. The van der Waals surface area contributed by atoms with Crippen molar-refractivity contribution in [3.05, 3.63) is 38.6 Å². The van der Waals surface area contributed by atoms with Crippen LogP contribution in [-0.2, 0) is 17.8 Å². The Hall–Kier alpha value is -1.99. The molecule has 0 atom stereocenters. The van der Waals surface area contributed by atoms with Gasteiger partial charge in [-0.1, -0.05) is 26.8 Å². The number of hydrogen-bond donors (Lipinski definition) is 1. The van der Waals surface area contributed by atoms with Crippen LogP contribution in [0.25, 0.3) is 20.7 Å². The molecule has 0 amide bonds. The monoisotopic (exact) mass is 376 g/mol. The zero-order valence-electron chi connectivity index (χ0n) is 14.4. The molecule has 0 saturated carbocycles. The number of rotatable bonds is 6. The number of carboxylic acid groups (broad SMARTS) is 1. The molecular formula is C18H20N2O3S2. The first kappa shape index (κ1) is 17.8. The Labute approximate surface area is 153 Å². The molecule has 1 N–H and O–H groups in total. The van der Waals surface area contributed by atoms with Gasteiger partial charge in [0.15, 0.2) is 0 Å². The quantitative estimate of drug-likeness (QED) is 0.694. The Morgan fingerprint density at radius 3 is 2.72 bits per heavy atom. The van der Waals surface area contributed by atoms with Crippen molar-refractivity contribution in [2.24, 2.45) is 0 Å². The van der Waals surface area contributed by atoms with Crippen molar-refractivity contribution in [1.82, 2.24) is 9.55 Å². The standard InChI is InChI=1S/C18H20N2O3S2/c1-4-11-14(12-6-5-9-24-12)15-17(25-11)19-16(10(2)3)20(18(15)23)8-7-13(21)22/h5-6,9-10H,4,7-8H2,1-3H3,(H,21,22). The molecule has 132 valence electrons. The van der Waals surface area contributed by atoms with Gasteiger partial charge in [-0.3, -0.25) is 14.2 Å². The van der Waals surface area contributed by atoms with Crippen LogP contribution < -0.4 is 5.56 Å². The van der Waals surface area contributed by atoms with E-state index in [-0.39, 0.29) is 24.4 Å². The normalized spacial score (nSPS) is 11.5. The fourth-order valence-electron chi connectivity index (χ4n) is 2.94. The highest BCUT2D eigenvalue weighted by atomic mass is 32.1. The Kier molecular flexibility index (Phi) is 5.06. The second-order valence-electron chi connectivity index (χ2n) is 6.14. The van der Waals surface area contributed by atoms with Crippen molar-refractivity contribution in [1.29, 1.82) is 0 Å². The average Bonchev–Trinajstić information content (AvgIpc) is 3.19. The summed E-state index contributed by atoms with van der Waals surface area (Å²) in [5.74, 6) is -0.219. The van der Waals surface area contributed by atoms with E-state index in [4.69, 9.17) is 10.1 Å². The number of fused-ring (bicyclic) bond motifs is 1. The molecule has 7 heteroatoms. The molecule has 0 aliphatic rings. The lowest BCUT2D eigenvalue weighted by molar-refractivity contribution is -0.137. The Bertz CT molecular complexity index is 969. The van der Waals surface area contributed by atoms with Crippen molar-refractivity contribution in [3.63, 3.8) is 0 Å². The van der Waals surface area contributed by atoms with Gasteiger partial charge in [0.2, 0.25) is 0 Å². The van der Waals surface area contributed by atoms with Gasteiger partial charge in [0.25, 0.3) is 5.56 Å². The van der Waals surface area contributed by atoms with Crippen LogP contribution >= 0.6 is 22.7 Å². The lowest BCUT2D eigenvalue weighted by Gasteiger charge is -2.14. The smallest absolute Gasteiger partial charge is 0.305 e. The van der Waals surface area contributed by atoms with E-state index in [2.05, 4.69) is 6.92 Å². The van der Waals surface area contributed by atoms with E-state index in [0.29, 0.717) is 11.2 Å². The SMILES string of the molecule is CCc1sc2nc(C(C)C)n(CCC(=O)O)c(=O)c2c1-c1cccs1. The average molecular weight is 377 g/mol. The molecule has 3 aromatic heterocycles. The third-order valence-electron chi connectivity index (χ3n) is 4.07. The van der Waals surface area contributed by atoms with Crippen LogP contribution in [0.5, 0.6) is 0 Å². The summed E-state index contributed by atoms with van der Waals surface area (Å²) in [6.07, 6.45) is 0.742. The summed E-state index contributed by atoms with van der Waals surface area (Å²) >= 11 is 3.17. The molecule has 0 radical (unpaired) electrons. The number of thiophene rings is 2. The predicted molar refractivity (Wildman–Crippen MR) is 103 cm³/mol. The van der Waals surface area contributed by atoms with Crippen LogP contribution in [0.1, 0.15) is 43.8 Å². The summed E-state index contributed by atoms with van der Waals surface area (Å²) in [5, 5.41) is 11.6. The summed E-state index contributed by atoms with van der Waals surface area (Å²) in [6.45, 7) is 6.17. The van der Waals surface area contributed by atoms with Crippen LogP contribution in [0.2, 0.25) is 0 Å². The number of carbonyl (C=O) groups is 1. The lowest BCUT2D eigenvalue weighted by atomic mass is 10.1. The molecule has 0 saturated heterocycles. The first-order chi connectivity index (χ1) is 11.9. The van der Waals surface area contributed by atoms with E-state index in [1.165, 1.54) is 0 Å². The fraction of sp³-hybridized carbons (Fsp3) is 0.389. The third-order valence-corrected chi connectivity index (χ3v) is 6.18. The van der Waals surface area contributed by atoms with E-state index in [9.17, 15) is 9.59 Å². The van der Waals surface area contributed by atoms with E-state index < -0.39 is 5.97 Å². The molecule has 3 aromatic rings. The molecule has 0 aromatic carbocycles. The number of aromatic nitrogens is 2. The number of hydrogen-bond acceptors (Lipinski definition) is 5. The maximum Gasteiger partial charge on any atom is 0.305 e. The lowest BCUT2D eigenvalue weighted by Crippen LogP contribution is -2.27. The van der Waals surface area contributed by atoms with Gasteiger partial charge in [-0.25, -0.2) is 4.98 Å². The van der Waals surface area contributed by atoms with Gasteiger partial charge in [0, 0.05) is 27.8 Å². The van der Waals surface area contributed by atoms with E-state index in [1.54, 1.807) is 27.2 Å². The Morgan fingerprint density at radius 2 is 2.16 bits per heavy atom. The van der Waals surface area contributed by atoms with Crippen LogP contribution in [0.3, 0.4) is 0 Å². The molecule has 25 heavy (non-hydrogen) atoms. The van der Waals surface area contributed by atoms with E-state index in [1.807, 2.05) is 31.4 Å². The zero-order valence-corrected chi connectivity index (χ0v) is 16.0. The van der Waals surface area contributed by atoms with Crippen LogP contribution in [0, 0.1) is 0 Å². The fourth-order valence-corrected chi connectivity index (χ4v) is 4.93. The van der Waals surface area contributed by atoms with Crippen molar-refractivity contribution < 1.29 is 9.90 Å². The summed E-state index contributed by atoms with van der Waals surface area (Å²) in [4.78, 5) is 32.0. The van der Waals surface area contributed by atoms with Gasteiger partial charge in [-0.15, -0.1) is 22.7 Å². The summed E-state index contributed by atoms with van der Waals surface area (Å²) in [7, 11) is 0. The molecule has 0 spiro atoms. The van der Waals surface area contributed by atoms with Gasteiger partial charge >= 0.3 is 5.97 Å². The predicted octanol–water partition coefficient (Wildman–Crippen LogP) is 4.35. The molecular weight excluding hydrogens is 356 g/mol. The van der Waals surface area contributed by atoms with Crippen LogP contribution in [0.4, 0.5) is 0 Å². The Morgan fingerprint density at radius 1 is 1.40 bits per heavy atom. The zero-order chi connectivity index (χ0) is 18.1. The number of carboxylic acids is 1. The summed E-state index contributed by atoms with van der Waals surface area (Å²) in [5.41, 5.74) is 0.837. The largest absolute Gasteiger partial charge is 0.481 e. The van der Waals surface area contributed by atoms with Crippen molar-refractivity contribution in [2.45, 2.75) is 46.1 Å². The second kappa shape index (κ2) is 7.09. The van der Waals surface area contributed by atoms with Crippen LogP contribution in [-0.4, -0.2) is 20.6 Å². The first-order valence-electron chi connectivity index (χ1n) is 8.25. The topological polar surface area (TPSA) is 72.2 Å². The van der Waals surface area contributed by atoms with Gasteiger partial charge in [-0.05, 0) is 17.9 Å². The van der Waals surface area contributed by atoms with Crippen molar-refractivity contribution in [3.8, 4) is 10.4 Å². The maximum absolute atomic E-state index is 13.3. The number of aliphatic carboxylic acids is 1. The highest BCUT2D eigenvalue weighted by Gasteiger charge is 2.22. The minimum absolute atomic E-state index is 0.0447. The minimum atomic E-state index is -0.917.